The Labute approximate surface area is 128 Å². The minimum absolute atomic E-state index is 0.155. The number of carboxylic acids is 1. The van der Waals surface area contributed by atoms with Crippen LogP contribution in [0.3, 0.4) is 0 Å². The molecule has 0 radical (unpaired) electrons. The maximum absolute atomic E-state index is 11.0. The third-order valence-corrected chi connectivity index (χ3v) is 4.54. The number of nitrogens with two attached hydrogens (primary N) is 1. The molecule has 0 aromatic heterocycles. The van der Waals surface area contributed by atoms with E-state index in [1.807, 2.05) is 30.0 Å². The lowest BCUT2D eigenvalue weighted by atomic mass is 10.0. The molecule has 1 atom stereocenters. The van der Waals surface area contributed by atoms with Gasteiger partial charge in [-0.3, -0.25) is 4.79 Å². The minimum atomic E-state index is -1.02. The molecule has 6 heteroatoms. The Kier molecular flexibility index (Phi) is 5.76. The normalized spacial score (nSPS) is 17.2. The number of carboxylic acid groups (broad SMARTS) is 1. The van der Waals surface area contributed by atoms with Crippen LogP contribution < -0.4 is 15.2 Å². The van der Waals surface area contributed by atoms with E-state index >= 15 is 0 Å². The van der Waals surface area contributed by atoms with Gasteiger partial charge in [-0.25, -0.2) is 0 Å². The topological polar surface area (TPSA) is 81.8 Å². The monoisotopic (exact) mass is 311 g/mol. The third-order valence-electron chi connectivity index (χ3n) is 3.49. The third kappa shape index (κ3) is 4.28. The fraction of sp³-hybridized carbons (Fsp3) is 0.533. The van der Waals surface area contributed by atoms with Gasteiger partial charge < -0.3 is 20.3 Å². The number of carbonyl (C=O) groups is 1. The molecule has 1 fully saturated rings. The van der Waals surface area contributed by atoms with Crippen LogP contribution in [0.15, 0.2) is 18.2 Å². The van der Waals surface area contributed by atoms with Crippen LogP contribution in [0, 0.1) is 0 Å². The maximum Gasteiger partial charge on any atom is 0.320 e. The van der Waals surface area contributed by atoms with Gasteiger partial charge in [0.2, 0.25) is 0 Å². The first kappa shape index (κ1) is 16.0. The van der Waals surface area contributed by atoms with Crippen molar-refractivity contribution in [1.82, 2.24) is 0 Å². The minimum Gasteiger partial charge on any atom is -0.493 e. The summed E-state index contributed by atoms with van der Waals surface area (Å²) in [7, 11) is 1.58. The van der Waals surface area contributed by atoms with Gasteiger partial charge in [-0.1, -0.05) is 12.1 Å². The molecule has 3 N–H and O–H groups in total. The van der Waals surface area contributed by atoms with E-state index in [2.05, 4.69) is 0 Å². The molecule has 1 aliphatic rings. The molecular formula is C15H21NO4S. The quantitative estimate of drug-likeness (QED) is 0.835. The van der Waals surface area contributed by atoms with Gasteiger partial charge in [-0.15, -0.1) is 0 Å². The van der Waals surface area contributed by atoms with Gasteiger partial charge in [-0.2, -0.15) is 11.8 Å². The zero-order valence-electron chi connectivity index (χ0n) is 12.1. The highest BCUT2D eigenvalue weighted by molar-refractivity contribution is 7.99. The van der Waals surface area contributed by atoms with Crippen molar-refractivity contribution in [3.8, 4) is 11.5 Å². The summed E-state index contributed by atoms with van der Waals surface area (Å²) in [4.78, 5) is 11.0. The largest absolute Gasteiger partial charge is 0.493 e. The summed E-state index contributed by atoms with van der Waals surface area (Å²) in [6, 6.07) is 4.55. The number of para-hydroxylation sites is 1. The van der Waals surface area contributed by atoms with E-state index in [1.165, 1.54) is 0 Å². The zero-order valence-corrected chi connectivity index (χ0v) is 12.9. The van der Waals surface area contributed by atoms with Crippen molar-refractivity contribution in [2.45, 2.75) is 31.4 Å². The smallest absolute Gasteiger partial charge is 0.320 e. The van der Waals surface area contributed by atoms with Crippen molar-refractivity contribution in [2.75, 3.05) is 18.6 Å². The SMILES string of the molecule is COc1cccc(CC(N)C(=O)O)c1OC1CCSCC1. The summed E-state index contributed by atoms with van der Waals surface area (Å²) in [5, 5.41) is 8.98. The van der Waals surface area contributed by atoms with E-state index in [0.29, 0.717) is 11.5 Å². The number of benzene rings is 1. The Bertz CT molecular complexity index is 489. The van der Waals surface area contributed by atoms with Crippen molar-refractivity contribution in [1.29, 1.82) is 0 Å². The summed E-state index contributed by atoms with van der Waals surface area (Å²) in [6.45, 7) is 0. The highest BCUT2D eigenvalue weighted by atomic mass is 32.2. The lowest BCUT2D eigenvalue weighted by Crippen LogP contribution is -2.32. The second kappa shape index (κ2) is 7.56. The van der Waals surface area contributed by atoms with Gasteiger partial charge in [-0.05, 0) is 30.4 Å². The predicted octanol–water partition coefficient (Wildman–Crippen LogP) is 1.92. The van der Waals surface area contributed by atoms with Crippen molar-refractivity contribution in [3.05, 3.63) is 23.8 Å². The Morgan fingerprint density at radius 2 is 2.19 bits per heavy atom. The molecule has 0 amide bonds. The van der Waals surface area contributed by atoms with Crippen LogP contribution in [-0.4, -0.2) is 41.8 Å². The fourth-order valence-electron chi connectivity index (χ4n) is 2.30. The lowest BCUT2D eigenvalue weighted by Gasteiger charge is -2.25. The van der Waals surface area contributed by atoms with Gasteiger partial charge in [0, 0.05) is 12.0 Å². The van der Waals surface area contributed by atoms with Gasteiger partial charge in [0.15, 0.2) is 11.5 Å². The van der Waals surface area contributed by atoms with Crippen LogP contribution in [0.5, 0.6) is 11.5 Å². The Morgan fingerprint density at radius 1 is 1.48 bits per heavy atom. The number of methoxy groups -OCH3 is 1. The van der Waals surface area contributed by atoms with E-state index in [4.69, 9.17) is 20.3 Å². The van der Waals surface area contributed by atoms with E-state index in [9.17, 15) is 4.79 Å². The summed E-state index contributed by atoms with van der Waals surface area (Å²) in [6.07, 6.45) is 2.37. The summed E-state index contributed by atoms with van der Waals surface area (Å²) in [5.74, 6) is 2.42. The van der Waals surface area contributed by atoms with Crippen LogP contribution in [0.4, 0.5) is 0 Å². The molecule has 21 heavy (non-hydrogen) atoms. The van der Waals surface area contributed by atoms with E-state index in [-0.39, 0.29) is 12.5 Å². The van der Waals surface area contributed by atoms with Crippen LogP contribution in [0.2, 0.25) is 0 Å². The van der Waals surface area contributed by atoms with Gasteiger partial charge in [0.1, 0.15) is 12.1 Å². The van der Waals surface area contributed by atoms with E-state index in [0.717, 1.165) is 29.9 Å². The molecule has 1 unspecified atom stereocenters. The second-order valence-corrected chi connectivity index (χ2v) is 6.25. The van der Waals surface area contributed by atoms with Gasteiger partial charge >= 0.3 is 5.97 Å². The van der Waals surface area contributed by atoms with Gasteiger partial charge in [0.05, 0.1) is 7.11 Å². The fourth-order valence-corrected chi connectivity index (χ4v) is 3.36. The zero-order chi connectivity index (χ0) is 15.2. The molecular weight excluding hydrogens is 290 g/mol. The molecule has 1 aliphatic heterocycles. The average molecular weight is 311 g/mol. The number of rotatable bonds is 6. The first-order chi connectivity index (χ1) is 10.1. The highest BCUT2D eigenvalue weighted by Crippen LogP contribution is 2.34. The lowest BCUT2D eigenvalue weighted by molar-refractivity contribution is -0.138. The van der Waals surface area contributed by atoms with Crippen molar-refractivity contribution >= 4 is 17.7 Å². The van der Waals surface area contributed by atoms with Crippen LogP contribution in [0.1, 0.15) is 18.4 Å². The average Bonchev–Trinajstić information content (AvgIpc) is 2.49. The summed E-state index contributed by atoms with van der Waals surface area (Å²) < 4.78 is 11.5. The molecule has 0 bridgehead atoms. The first-order valence-electron chi connectivity index (χ1n) is 7.00. The number of ether oxygens (including phenoxy) is 2. The van der Waals surface area contributed by atoms with Crippen LogP contribution in [0.25, 0.3) is 0 Å². The predicted molar refractivity (Wildman–Crippen MR) is 83.3 cm³/mol. The molecule has 0 spiro atoms. The molecule has 1 heterocycles. The van der Waals surface area contributed by atoms with Crippen molar-refractivity contribution < 1.29 is 19.4 Å². The second-order valence-electron chi connectivity index (χ2n) is 5.03. The molecule has 116 valence electrons. The molecule has 1 saturated heterocycles. The molecule has 1 aromatic rings. The molecule has 0 aliphatic carbocycles. The van der Waals surface area contributed by atoms with Crippen LogP contribution in [-0.2, 0) is 11.2 Å². The Balaban J connectivity index is 2.20. The highest BCUT2D eigenvalue weighted by Gasteiger charge is 2.22. The maximum atomic E-state index is 11.0. The standard InChI is InChI=1S/C15H21NO4S/c1-19-13-4-2-3-10(9-12(16)15(17)18)14(13)20-11-5-7-21-8-6-11/h2-4,11-12H,5-9,16H2,1H3,(H,17,18). The molecule has 1 aromatic carbocycles. The molecule has 0 saturated carbocycles. The Hall–Kier alpha value is -1.40. The van der Waals surface area contributed by atoms with E-state index in [1.54, 1.807) is 7.11 Å². The molecule has 2 rings (SSSR count). The van der Waals surface area contributed by atoms with Gasteiger partial charge in [0.25, 0.3) is 0 Å². The summed E-state index contributed by atoms with van der Waals surface area (Å²) >= 11 is 1.93. The number of aliphatic carboxylic acids is 1. The number of hydrogen-bond donors (Lipinski definition) is 2. The van der Waals surface area contributed by atoms with Crippen molar-refractivity contribution in [2.24, 2.45) is 5.73 Å². The Morgan fingerprint density at radius 3 is 2.81 bits per heavy atom. The van der Waals surface area contributed by atoms with E-state index < -0.39 is 12.0 Å². The molecule has 5 nitrogen and oxygen atoms in total. The van der Waals surface area contributed by atoms with Crippen molar-refractivity contribution in [3.63, 3.8) is 0 Å². The van der Waals surface area contributed by atoms with Crippen LogP contribution >= 0.6 is 11.8 Å². The number of thioether (sulfide) groups is 1. The summed E-state index contributed by atoms with van der Waals surface area (Å²) in [5.41, 5.74) is 6.42. The number of hydrogen-bond acceptors (Lipinski definition) is 5. The first-order valence-corrected chi connectivity index (χ1v) is 8.16.